The van der Waals surface area contributed by atoms with E-state index in [1.54, 1.807) is 35.9 Å². The molecule has 0 atom stereocenters. The SMILES string of the molecule is Cc1c(O)c(=O)ccn1CCNC(=O)c1ccccc1OCc1ccccc1. The highest BCUT2D eigenvalue weighted by Crippen LogP contribution is 2.19. The molecular weight excluding hydrogens is 356 g/mol. The second kappa shape index (κ2) is 8.90. The fourth-order valence-electron chi connectivity index (χ4n) is 2.81. The second-order valence-corrected chi connectivity index (χ2v) is 6.33. The Morgan fingerprint density at radius 2 is 1.79 bits per heavy atom. The lowest BCUT2D eigenvalue weighted by Crippen LogP contribution is -2.28. The Bertz CT molecular complexity index is 1010. The average Bonchev–Trinajstić information content (AvgIpc) is 2.73. The smallest absolute Gasteiger partial charge is 0.255 e. The van der Waals surface area contributed by atoms with Crippen LogP contribution in [0.5, 0.6) is 11.5 Å². The zero-order valence-electron chi connectivity index (χ0n) is 15.6. The van der Waals surface area contributed by atoms with E-state index >= 15 is 0 Å². The zero-order chi connectivity index (χ0) is 19.9. The molecule has 28 heavy (non-hydrogen) atoms. The number of hydrogen-bond donors (Lipinski definition) is 2. The molecule has 3 rings (SSSR count). The van der Waals surface area contributed by atoms with Gasteiger partial charge in [-0.25, -0.2) is 0 Å². The average molecular weight is 378 g/mol. The molecule has 6 heteroatoms. The van der Waals surface area contributed by atoms with E-state index in [1.165, 1.54) is 6.07 Å². The van der Waals surface area contributed by atoms with Gasteiger partial charge in [-0.3, -0.25) is 9.59 Å². The molecule has 0 aliphatic carbocycles. The fourth-order valence-corrected chi connectivity index (χ4v) is 2.81. The Labute approximate surface area is 163 Å². The topological polar surface area (TPSA) is 80.6 Å². The number of nitrogens with zero attached hydrogens (tertiary/aromatic N) is 1. The lowest BCUT2D eigenvalue weighted by atomic mass is 10.2. The molecule has 0 aliphatic heterocycles. The lowest BCUT2D eigenvalue weighted by Gasteiger charge is -2.14. The molecule has 0 aliphatic rings. The predicted octanol–water partition coefficient (Wildman–Crippen LogP) is 2.87. The summed E-state index contributed by atoms with van der Waals surface area (Å²) >= 11 is 0. The maximum Gasteiger partial charge on any atom is 0.255 e. The number of carbonyl (C=O) groups is 1. The summed E-state index contributed by atoms with van der Waals surface area (Å²) < 4.78 is 7.54. The number of rotatable bonds is 7. The van der Waals surface area contributed by atoms with Crippen LogP contribution >= 0.6 is 0 Å². The molecule has 1 aromatic heterocycles. The molecule has 2 N–H and O–H groups in total. The number of nitrogens with one attached hydrogen (secondary N) is 1. The maximum atomic E-state index is 12.6. The third-order valence-corrected chi connectivity index (χ3v) is 4.42. The van der Waals surface area contributed by atoms with Crippen LogP contribution in [0.2, 0.25) is 0 Å². The molecule has 0 radical (unpaired) electrons. The van der Waals surface area contributed by atoms with E-state index in [9.17, 15) is 14.7 Å². The second-order valence-electron chi connectivity index (χ2n) is 6.33. The van der Waals surface area contributed by atoms with Crippen LogP contribution in [-0.4, -0.2) is 22.1 Å². The molecule has 0 bridgehead atoms. The fraction of sp³-hybridized carbons (Fsp3) is 0.182. The minimum absolute atomic E-state index is 0.244. The molecule has 0 saturated heterocycles. The van der Waals surface area contributed by atoms with E-state index < -0.39 is 5.43 Å². The van der Waals surface area contributed by atoms with E-state index in [-0.39, 0.29) is 11.7 Å². The highest BCUT2D eigenvalue weighted by atomic mass is 16.5. The van der Waals surface area contributed by atoms with Crippen LogP contribution in [0.25, 0.3) is 0 Å². The van der Waals surface area contributed by atoms with Crippen LogP contribution < -0.4 is 15.5 Å². The van der Waals surface area contributed by atoms with Gasteiger partial charge < -0.3 is 19.7 Å². The Hall–Kier alpha value is -3.54. The largest absolute Gasteiger partial charge is 0.503 e. The predicted molar refractivity (Wildman–Crippen MR) is 107 cm³/mol. The molecule has 144 valence electrons. The summed E-state index contributed by atoms with van der Waals surface area (Å²) in [6.07, 6.45) is 1.60. The van der Waals surface area contributed by atoms with E-state index in [4.69, 9.17) is 4.74 Å². The first-order chi connectivity index (χ1) is 13.6. The minimum atomic E-state index is -0.415. The summed E-state index contributed by atoms with van der Waals surface area (Å²) in [5.41, 5.74) is 1.53. The third kappa shape index (κ3) is 4.59. The van der Waals surface area contributed by atoms with Crippen molar-refractivity contribution in [3.8, 4) is 11.5 Å². The van der Waals surface area contributed by atoms with Crippen LogP contribution in [0.1, 0.15) is 21.6 Å². The zero-order valence-corrected chi connectivity index (χ0v) is 15.6. The lowest BCUT2D eigenvalue weighted by molar-refractivity contribution is 0.0947. The molecule has 1 amide bonds. The van der Waals surface area contributed by atoms with Gasteiger partial charge in [-0.15, -0.1) is 0 Å². The van der Waals surface area contributed by atoms with Crippen molar-refractivity contribution in [1.29, 1.82) is 0 Å². The van der Waals surface area contributed by atoms with Crippen LogP contribution in [0.4, 0.5) is 0 Å². The Morgan fingerprint density at radius 1 is 1.07 bits per heavy atom. The first kappa shape index (κ1) is 19.2. The summed E-state index contributed by atoms with van der Waals surface area (Å²) in [5, 5.41) is 12.6. The number of hydrogen-bond acceptors (Lipinski definition) is 4. The number of amides is 1. The van der Waals surface area contributed by atoms with Crippen LogP contribution in [0.3, 0.4) is 0 Å². The van der Waals surface area contributed by atoms with Crippen molar-refractivity contribution in [2.45, 2.75) is 20.1 Å². The van der Waals surface area contributed by atoms with Gasteiger partial charge in [-0.1, -0.05) is 42.5 Å². The maximum absolute atomic E-state index is 12.6. The summed E-state index contributed by atoms with van der Waals surface area (Å²) in [5.74, 6) is 0.00102. The standard InChI is InChI=1S/C22H22N2O4/c1-16-21(26)19(25)11-13-24(16)14-12-23-22(27)18-9-5-6-10-20(18)28-15-17-7-3-2-4-8-17/h2-11,13,26H,12,14-15H2,1H3,(H,23,27). The Morgan fingerprint density at radius 3 is 2.57 bits per heavy atom. The van der Waals surface area contributed by atoms with Gasteiger partial charge in [-0.05, 0) is 24.6 Å². The van der Waals surface area contributed by atoms with Gasteiger partial charge in [0.15, 0.2) is 5.75 Å². The normalized spacial score (nSPS) is 10.5. The van der Waals surface area contributed by atoms with E-state index in [1.807, 2.05) is 36.4 Å². The number of aromatic nitrogens is 1. The van der Waals surface area contributed by atoms with Gasteiger partial charge in [0.05, 0.1) is 11.3 Å². The van der Waals surface area contributed by atoms with Gasteiger partial charge in [0.1, 0.15) is 12.4 Å². The van der Waals surface area contributed by atoms with Crippen molar-refractivity contribution in [1.82, 2.24) is 9.88 Å². The van der Waals surface area contributed by atoms with Gasteiger partial charge in [0.25, 0.3) is 5.91 Å². The van der Waals surface area contributed by atoms with Crippen molar-refractivity contribution in [3.05, 3.63) is 93.9 Å². The van der Waals surface area contributed by atoms with Gasteiger partial charge >= 0.3 is 0 Å². The molecular formula is C22H22N2O4. The monoisotopic (exact) mass is 378 g/mol. The summed E-state index contributed by atoms with van der Waals surface area (Å²) in [7, 11) is 0. The highest BCUT2D eigenvalue weighted by molar-refractivity contribution is 5.96. The van der Waals surface area contributed by atoms with E-state index in [0.29, 0.717) is 36.7 Å². The molecule has 1 heterocycles. The molecule has 0 fully saturated rings. The number of carbonyl (C=O) groups excluding carboxylic acids is 1. The van der Waals surface area contributed by atoms with Crippen molar-refractivity contribution < 1.29 is 14.6 Å². The Balaban J connectivity index is 1.62. The van der Waals surface area contributed by atoms with Crippen molar-refractivity contribution in [3.63, 3.8) is 0 Å². The van der Waals surface area contributed by atoms with Crippen LogP contribution in [0.15, 0.2) is 71.7 Å². The number of pyridine rings is 1. The summed E-state index contributed by atoms with van der Waals surface area (Å²) in [6.45, 7) is 2.81. The summed E-state index contributed by atoms with van der Waals surface area (Å²) in [4.78, 5) is 24.0. The number of benzene rings is 2. The molecule has 2 aromatic carbocycles. The molecule has 0 saturated carbocycles. The van der Waals surface area contributed by atoms with Gasteiger partial charge in [-0.2, -0.15) is 0 Å². The number of aromatic hydroxyl groups is 1. The van der Waals surface area contributed by atoms with Gasteiger partial charge in [0.2, 0.25) is 5.43 Å². The first-order valence-electron chi connectivity index (χ1n) is 8.99. The first-order valence-corrected chi connectivity index (χ1v) is 8.99. The van der Waals surface area contributed by atoms with Gasteiger partial charge in [0, 0.05) is 25.4 Å². The molecule has 0 unspecified atom stereocenters. The van der Waals surface area contributed by atoms with E-state index in [0.717, 1.165) is 5.56 Å². The van der Waals surface area contributed by atoms with E-state index in [2.05, 4.69) is 5.32 Å². The Kier molecular flexibility index (Phi) is 6.11. The molecule has 0 spiro atoms. The minimum Gasteiger partial charge on any atom is -0.503 e. The highest BCUT2D eigenvalue weighted by Gasteiger charge is 2.12. The quantitative estimate of drug-likeness (QED) is 0.662. The summed E-state index contributed by atoms with van der Waals surface area (Å²) in [6, 6.07) is 18.1. The van der Waals surface area contributed by atoms with Crippen molar-refractivity contribution in [2.24, 2.45) is 0 Å². The number of para-hydroxylation sites is 1. The number of ether oxygens (including phenoxy) is 1. The molecule has 3 aromatic rings. The third-order valence-electron chi connectivity index (χ3n) is 4.42. The molecule has 6 nitrogen and oxygen atoms in total. The van der Waals surface area contributed by atoms with Crippen molar-refractivity contribution in [2.75, 3.05) is 6.54 Å². The van der Waals surface area contributed by atoms with Crippen LogP contribution in [0, 0.1) is 6.92 Å². The van der Waals surface area contributed by atoms with Crippen LogP contribution in [-0.2, 0) is 13.2 Å². The van der Waals surface area contributed by atoms with Crippen molar-refractivity contribution >= 4 is 5.91 Å².